The number of carbonyl (C=O) groups is 2. The number of piperidine rings is 1. The van der Waals surface area contributed by atoms with Gasteiger partial charge in [-0.1, -0.05) is 18.2 Å². The molecule has 2 unspecified atom stereocenters. The van der Waals surface area contributed by atoms with Crippen molar-refractivity contribution in [2.24, 2.45) is 0 Å². The van der Waals surface area contributed by atoms with E-state index in [-0.39, 0.29) is 43.0 Å². The van der Waals surface area contributed by atoms with Crippen LogP contribution in [0.15, 0.2) is 24.3 Å². The summed E-state index contributed by atoms with van der Waals surface area (Å²) in [5.41, 5.74) is 2.29. The van der Waals surface area contributed by atoms with Gasteiger partial charge in [0.2, 0.25) is 5.91 Å². The summed E-state index contributed by atoms with van der Waals surface area (Å²) in [5, 5.41) is 8.95. The SMILES string of the molecule is CC(C(=O)N1c2ccccc2CC1C)N1CCC(N(C)CC(=O)O)CC1.Cl. The van der Waals surface area contributed by atoms with E-state index in [2.05, 4.69) is 17.9 Å². The lowest BCUT2D eigenvalue weighted by atomic mass is 10.0. The zero-order valence-corrected chi connectivity index (χ0v) is 17.1. The molecule has 1 N–H and O–H groups in total. The van der Waals surface area contributed by atoms with E-state index in [0.29, 0.717) is 0 Å². The molecule has 2 aliphatic rings. The minimum Gasteiger partial charge on any atom is -0.480 e. The minimum absolute atomic E-state index is 0. The van der Waals surface area contributed by atoms with Crippen LogP contribution in [0, 0.1) is 0 Å². The molecule has 1 saturated heterocycles. The molecule has 1 fully saturated rings. The summed E-state index contributed by atoms with van der Waals surface area (Å²) in [4.78, 5) is 30.2. The molecule has 2 aliphatic heterocycles. The second-order valence-electron chi connectivity index (χ2n) is 7.64. The Morgan fingerprint density at radius 2 is 1.89 bits per heavy atom. The van der Waals surface area contributed by atoms with Crippen molar-refractivity contribution in [2.75, 3.05) is 31.6 Å². The third kappa shape index (κ3) is 4.62. The number of nitrogens with zero attached hydrogens (tertiary/aromatic N) is 3. The van der Waals surface area contributed by atoms with Gasteiger partial charge >= 0.3 is 5.97 Å². The molecule has 2 atom stereocenters. The average Bonchev–Trinajstić information content (AvgIpc) is 2.95. The number of carboxylic acids is 1. The van der Waals surface area contributed by atoms with Gasteiger partial charge in [0.15, 0.2) is 0 Å². The Morgan fingerprint density at radius 1 is 1.26 bits per heavy atom. The molecule has 27 heavy (non-hydrogen) atoms. The lowest BCUT2D eigenvalue weighted by Crippen LogP contribution is -2.53. The molecule has 1 amide bonds. The summed E-state index contributed by atoms with van der Waals surface area (Å²) in [5.74, 6) is -0.625. The van der Waals surface area contributed by atoms with Crippen molar-refractivity contribution in [1.82, 2.24) is 9.80 Å². The Balaban J connectivity index is 0.00000261. The molecule has 0 aliphatic carbocycles. The van der Waals surface area contributed by atoms with E-state index in [1.165, 1.54) is 5.56 Å². The van der Waals surface area contributed by atoms with Crippen LogP contribution in [0.1, 0.15) is 32.3 Å². The van der Waals surface area contributed by atoms with Gasteiger partial charge in [-0.25, -0.2) is 0 Å². The van der Waals surface area contributed by atoms with Crippen LogP contribution in [0.2, 0.25) is 0 Å². The highest BCUT2D eigenvalue weighted by Gasteiger charge is 2.36. The molecule has 0 saturated carbocycles. The first-order chi connectivity index (χ1) is 12.4. The van der Waals surface area contributed by atoms with Crippen LogP contribution in [0.25, 0.3) is 0 Å². The maximum absolute atomic E-state index is 13.2. The number of carbonyl (C=O) groups excluding carboxylic acids is 1. The Bertz CT molecular complexity index is 676. The fraction of sp³-hybridized carbons (Fsp3) is 0.600. The first kappa shape index (κ1) is 21.7. The van der Waals surface area contributed by atoms with Gasteiger partial charge < -0.3 is 10.0 Å². The summed E-state index contributed by atoms with van der Waals surface area (Å²) in [6, 6.07) is 8.48. The molecule has 6 nitrogen and oxygen atoms in total. The molecule has 0 spiro atoms. The third-order valence-corrected chi connectivity index (χ3v) is 5.86. The largest absolute Gasteiger partial charge is 0.480 e. The second kappa shape index (κ2) is 9.04. The predicted octanol–water partition coefficient (Wildman–Crippen LogP) is 2.26. The molecule has 0 aromatic heterocycles. The van der Waals surface area contributed by atoms with Gasteiger partial charge in [-0.15, -0.1) is 12.4 Å². The molecule has 1 aromatic carbocycles. The van der Waals surface area contributed by atoms with Crippen LogP contribution < -0.4 is 4.90 Å². The van der Waals surface area contributed by atoms with E-state index in [4.69, 9.17) is 5.11 Å². The highest BCUT2D eigenvalue weighted by molar-refractivity contribution is 5.99. The zero-order valence-electron chi connectivity index (χ0n) is 16.3. The van der Waals surface area contributed by atoms with Gasteiger partial charge in [-0.05, 0) is 51.8 Å². The number of carboxylic acid groups (broad SMARTS) is 1. The molecule has 7 heteroatoms. The van der Waals surface area contributed by atoms with Crippen LogP contribution in [-0.4, -0.2) is 71.6 Å². The Hall–Kier alpha value is -1.63. The van der Waals surface area contributed by atoms with Crippen molar-refractivity contribution < 1.29 is 14.7 Å². The van der Waals surface area contributed by atoms with Crippen molar-refractivity contribution in [1.29, 1.82) is 0 Å². The molecule has 1 aromatic rings. The highest BCUT2D eigenvalue weighted by atomic mass is 35.5. The fourth-order valence-electron chi connectivity index (χ4n) is 4.32. The maximum Gasteiger partial charge on any atom is 0.317 e. The maximum atomic E-state index is 13.2. The number of likely N-dealkylation sites (N-methyl/N-ethyl adjacent to an activating group) is 1. The van der Waals surface area contributed by atoms with Crippen LogP contribution in [-0.2, 0) is 16.0 Å². The van der Waals surface area contributed by atoms with E-state index in [9.17, 15) is 9.59 Å². The highest BCUT2D eigenvalue weighted by Crippen LogP contribution is 2.33. The number of likely N-dealkylation sites (tertiary alicyclic amines) is 1. The smallest absolute Gasteiger partial charge is 0.317 e. The number of rotatable bonds is 5. The van der Waals surface area contributed by atoms with Crippen molar-refractivity contribution >= 4 is 30.0 Å². The lowest BCUT2D eigenvalue weighted by Gasteiger charge is -2.39. The normalized spacial score (nSPS) is 21.6. The second-order valence-corrected chi connectivity index (χ2v) is 7.64. The number of benzene rings is 1. The number of aliphatic carboxylic acids is 1. The average molecular weight is 396 g/mol. The number of fused-ring (bicyclic) bond motifs is 1. The van der Waals surface area contributed by atoms with Gasteiger partial charge in [0.25, 0.3) is 0 Å². The van der Waals surface area contributed by atoms with Crippen molar-refractivity contribution in [3.63, 3.8) is 0 Å². The number of hydrogen-bond donors (Lipinski definition) is 1. The van der Waals surface area contributed by atoms with Crippen LogP contribution in [0.4, 0.5) is 5.69 Å². The molecule has 3 rings (SSSR count). The zero-order chi connectivity index (χ0) is 18.8. The molecular formula is C20H30ClN3O3. The summed E-state index contributed by atoms with van der Waals surface area (Å²) in [7, 11) is 1.87. The van der Waals surface area contributed by atoms with E-state index in [1.807, 2.05) is 42.0 Å². The van der Waals surface area contributed by atoms with Gasteiger partial charge in [0, 0.05) is 30.9 Å². The number of halogens is 1. The number of anilines is 1. The van der Waals surface area contributed by atoms with Crippen molar-refractivity contribution in [3.05, 3.63) is 29.8 Å². The number of amides is 1. The monoisotopic (exact) mass is 395 g/mol. The number of hydrogen-bond acceptors (Lipinski definition) is 4. The topological polar surface area (TPSA) is 64.1 Å². The molecule has 0 radical (unpaired) electrons. The van der Waals surface area contributed by atoms with E-state index >= 15 is 0 Å². The van der Waals surface area contributed by atoms with Gasteiger partial charge in [0.1, 0.15) is 0 Å². The summed E-state index contributed by atoms with van der Waals surface area (Å²) >= 11 is 0. The van der Waals surface area contributed by atoms with Gasteiger partial charge in [-0.3, -0.25) is 19.4 Å². The van der Waals surface area contributed by atoms with Crippen molar-refractivity contribution in [2.45, 2.75) is 51.2 Å². The lowest BCUT2D eigenvalue weighted by molar-refractivity contribution is -0.138. The summed E-state index contributed by atoms with van der Waals surface area (Å²) < 4.78 is 0. The quantitative estimate of drug-likeness (QED) is 0.828. The number of para-hydroxylation sites is 1. The van der Waals surface area contributed by atoms with E-state index in [1.54, 1.807) is 0 Å². The van der Waals surface area contributed by atoms with Gasteiger partial charge in [-0.2, -0.15) is 0 Å². The standard InChI is InChI=1S/C20H29N3O3.ClH/c1-14-12-16-6-4-5-7-18(16)23(14)20(26)15(2)22-10-8-17(9-11-22)21(3)13-19(24)25;/h4-7,14-15,17H,8-13H2,1-3H3,(H,24,25);1H. The first-order valence-corrected chi connectivity index (χ1v) is 9.45. The Morgan fingerprint density at radius 3 is 2.52 bits per heavy atom. The van der Waals surface area contributed by atoms with Crippen molar-refractivity contribution in [3.8, 4) is 0 Å². The van der Waals surface area contributed by atoms with E-state index < -0.39 is 5.97 Å². The first-order valence-electron chi connectivity index (χ1n) is 9.45. The predicted molar refractivity (Wildman–Crippen MR) is 109 cm³/mol. The van der Waals surface area contributed by atoms with Crippen LogP contribution >= 0.6 is 12.4 Å². The molecular weight excluding hydrogens is 366 g/mol. The van der Waals surface area contributed by atoms with Crippen LogP contribution in [0.3, 0.4) is 0 Å². The fourth-order valence-corrected chi connectivity index (χ4v) is 4.32. The van der Waals surface area contributed by atoms with E-state index in [0.717, 1.165) is 38.0 Å². The molecule has 2 heterocycles. The summed E-state index contributed by atoms with van der Waals surface area (Å²) in [6.45, 7) is 5.83. The molecule has 0 bridgehead atoms. The minimum atomic E-state index is -0.792. The van der Waals surface area contributed by atoms with Gasteiger partial charge in [0.05, 0.1) is 12.6 Å². The third-order valence-electron chi connectivity index (χ3n) is 5.86. The Labute approximate surface area is 167 Å². The summed E-state index contributed by atoms with van der Waals surface area (Å²) in [6.07, 6.45) is 2.71. The van der Waals surface area contributed by atoms with Crippen LogP contribution in [0.5, 0.6) is 0 Å². The molecule has 150 valence electrons. The Kier molecular flexibility index (Phi) is 7.25.